The van der Waals surface area contributed by atoms with Gasteiger partial charge in [0.15, 0.2) is 11.5 Å². The van der Waals surface area contributed by atoms with Gasteiger partial charge in [0.05, 0.1) is 11.3 Å². The zero-order valence-corrected chi connectivity index (χ0v) is 21.5. The number of benzene rings is 1. The van der Waals surface area contributed by atoms with Crippen molar-refractivity contribution < 1.29 is 0 Å². The van der Waals surface area contributed by atoms with Crippen LogP contribution < -0.4 is 5.73 Å². The molecule has 0 saturated heterocycles. The van der Waals surface area contributed by atoms with Crippen LogP contribution in [0.1, 0.15) is 59.7 Å². The molecule has 0 unspecified atom stereocenters. The van der Waals surface area contributed by atoms with Crippen molar-refractivity contribution in [2.75, 3.05) is 5.73 Å². The van der Waals surface area contributed by atoms with E-state index in [4.69, 9.17) is 15.7 Å². The van der Waals surface area contributed by atoms with Crippen LogP contribution in [0, 0.1) is 0 Å². The smallest absolute Gasteiger partial charge is 0.165 e. The average molecular weight is 456 g/mol. The number of aryl methyl sites for hydroxylation is 1. The van der Waals surface area contributed by atoms with Crippen molar-refractivity contribution in [1.29, 1.82) is 0 Å². The summed E-state index contributed by atoms with van der Waals surface area (Å²) in [5, 5.41) is 0. The molecule has 4 rings (SSSR count). The summed E-state index contributed by atoms with van der Waals surface area (Å²) in [6.45, 7) is 14.2. The number of fused-ring (bicyclic) bond motifs is 1. The Bertz CT molecular complexity index is 1250. The summed E-state index contributed by atoms with van der Waals surface area (Å²) in [6, 6.07) is 16.3. The Morgan fingerprint density at radius 2 is 1.65 bits per heavy atom. The fourth-order valence-corrected chi connectivity index (χ4v) is 3.54. The number of imidazole rings is 1. The zero-order valence-electron chi connectivity index (χ0n) is 21.5. The van der Waals surface area contributed by atoms with Crippen molar-refractivity contribution in [2.45, 2.75) is 54.9 Å². The molecule has 0 aliphatic heterocycles. The average Bonchev–Trinajstić information content (AvgIpc) is 3.28. The highest BCUT2D eigenvalue weighted by Gasteiger charge is 2.18. The Morgan fingerprint density at radius 1 is 0.941 bits per heavy atom. The first-order valence-corrected chi connectivity index (χ1v) is 12.1. The van der Waals surface area contributed by atoms with Crippen LogP contribution in [0.2, 0.25) is 0 Å². The molecule has 0 aliphatic rings. The maximum atomic E-state index is 6.20. The minimum absolute atomic E-state index is 0.447. The zero-order chi connectivity index (χ0) is 25.1. The van der Waals surface area contributed by atoms with E-state index in [1.165, 1.54) is 5.56 Å². The Labute approximate surface area is 204 Å². The second kappa shape index (κ2) is 13.1. The third kappa shape index (κ3) is 5.60. The predicted molar refractivity (Wildman–Crippen MR) is 147 cm³/mol. The molecular formula is C29H37N5. The molecule has 5 heteroatoms. The monoisotopic (exact) mass is 455 g/mol. The van der Waals surface area contributed by atoms with E-state index in [2.05, 4.69) is 52.9 Å². The van der Waals surface area contributed by atoms with Gasteiger partial charge in [-0.15, -0.1) is 0 Å². The van der Waals surface area contributed by atoms with Crippen molar-refractivity contribution >= 4 is 22.6 Å². The minimum atomic E-state index is 0.447. The van der Waals surface area contributed by atoms with Gasteiger partial charge in [0.25, 0.3) is 0 Å². The van der Waals surface area contributed by atoms with E-state index in [9.17, 15) is 0 Å². The summed E-state index contributed by atoms with van der Waals surface area (Å²) in [6.07, 6.45) is 8.82. The molecule has 0 saturated carbocycles. The molecule has 178 valence electrons. The highest BCUT2D eigenvalue weighted by Crippen LogP contribution is 2.31. The molecule has 0 bridgehead atoms. The molecule has 0 fully saturated rings. The number of pyridine rings is 2. The Balaban J connectivity index is 0.000000970. The van der Waals surface area contributed by atoms with Gasteiger partial charge in [0.2, 0.25) is 0 Å². The van der Waals surface area contributed by atoms with Crippen LogP contribution in [0.15, 0.2) is 73.0 Å². The molecule has 34 heavy (non-hydrogen) atoms. The number of rotatable bonds is 5. The molecule has 5 nitrogen and oxygen atoms in total. The Kier molecular flexibility index (Phi) is 10.2. The Hall–Kier alpha value is -3.73. The van der Waals surface area contributed by atoms with E-state index < -0.39 is 0 Å². The molecule has 0 amide bonds. The van der Waals surface area contributed by atoms with Crippen LogP contribution in [0.4, 0.5) is 5.82 Å². The number of anilines is 1. The van der Waals surface area contributed by atoms with Gasteiger partial charge in [-0.25, -0.2) is 15.0 Å². The lowest BCUT2D eigenvalue weighted by Gasteiger charge is -2.11. The van der Waals surface area contributed by atoms with E-state index in [0.717, 1.165) is 45.9 Å². The highest BCUT2D eigenvalue weighted by atomic mass is 15.1. The maximum absolute atomic E-state index is 6.20. The van der Waals surface area contributed by atoms with Gasteiger partial charge in [-0.3, -0.25) is 4.57 Å². The highest BCUT2D eigenvalue weighted by molar-refractivity contribution is 5.85. The second-order valence-corrected chi connectivity index (χ2v) is 7.01. The van der Waals surface area contributed by atoms with Crippen LogP contribution in [0.5, 0.6) is 0 Å². The van der Waals surface area contributed by atoms with Crippen molar-refractivity contribution in [3.05, 3.63) is 84.2 Å². The summed E-state index contributed by atoms with van der Waals surface area (Å²) >= 11 is 0. The van der Waals surface area contributed by atoms with Gasteiger partial charge in [-0.05, 0) is 67.8 Å². The molecule has 2 N–H and O–H groups in total. The standard InChI is InChI=1S/C25H25N5.2C2H6/c1-4-8-18(6-3)21-14-15-22-25(28-21)30(19-12-10-17(5-2)11-13-19)24(29-22)20-9-7-16-27-23(20)26;2*1-2/h4,6-16H,5H2,1-3H3,(H2,26,27);2*1-2H3/b8-4-,18-6+;;. The van der Waals surface area contributed by atoms with Gasteiger partial charge in [0.1, 0.15) is 11.3 Å². The van der Waals surface area contributed by atoms with Crippen LogP contribution in [-0.4, -0.2) is 19.5 Å². The van der Waals surface area contributed by atoms with Gasteiger partial charge < -0.3 is 5.73 Å². The summed E-state index contributed by atoms with van der Waals surface area (Å²) in [7, 11) is 0. The number of nitrogens with two attached hydrogens (primary N) is 1. The van der Waals surface area contributed by atoms with Gasteiger partial charge in [0, 0.05) is 11.9 Å². The normalized spacial score (nSPS) is 11.1. The van der Waals surface area contributed by atoms with Crippen LogP contribution in [0.3, 0.4) is 0 Å². The maximum Gasteiger partial charge on any atom is 0.165 e. The quantitative estimate of drug-likeness (QED) is 0.314. The molecule has 0 atom stereocenters. The first kappa shape index (κ1) is 26.5. The van der Waals surface area contributed by atoms with Crippen LogP contribution in [0.25, 0.3) is 33.8 Å². The molecule has 1 aromatic carbocycles. The fraction of sp³-hybridized carbons (Fsp3) is 0.276. The van der Waals surface area contributed by atoms with Crippen molar-refractivity contribution in [1.82, 2.24) is 19.5 Å². The van der Waals surface area contributed by atoms with Crippen LogP contribution in [-0.2, 0) is 6.42 Å². The topological polar surface area (TPSA) is 69.6 Å². The van der Waals surface area contributed by atoms with Crippen LogP contribution >= 0.6 is 0 Å². The first-order valence-electron chi connectivity index (χ1n) is 12.1. The van der Waals surface area contributed by atoms with E-state index >= 15 is 0 Å². The number of hydrogen-bond acceptors (Lipinski definition) is 4. The third-order valence-corrected chi connectivity index (χ3v) is 5.14. The predicted octanol–water partition coefficient (Wildman–Crippen LogP) is 7.66. The van der Waals surface area contributed by atoms with Crippen molar-refractivity contribution in [3.8, 4) is 17.1 Å². The molecular weight excluding hydrogens is 418 g/mol. The molecule has 0 radical (unpaired) electrons. The van der Waals surface area contributed by atoms with Crippen molar-refractivity contribution in [3.63, 3.8) is 0 Å². The summed E-state index contributed by atoms with van der Waals surface area (Å²) in [4.78, 5) is 14.1. The fourth-order valence-electron chi connectivity index (χ4n) is 3.54. The van der Waals surface area contributed by atoms with Gasteiger partial charge in [-0.2, -0.15) is 0 Å². The van der Waals surface area contributed by atoms with E-state index in [-0.39, 0.29) is 0 Å². The van der Waals surface area contributed by atoms with E-state index in [0.29, 0.717) is 5.82 Å². The molecule has 3 aromatic heterocycles. The van der Waals surface area contributed by atoms with Gasteiger partial charge >= 0.3 is 0 Å². The number of allylic oxidation sites excluding steroid dienone is 4. The van der Waals surface area contributed by atoms with E-state index in [1.807, 2.05) is 71.9 Å². The van der Waals surface area contributed by atoms with Gasteiger partial charge in [-0.1, -0.05) is 65.0 Å². The first-order chi connectivity index (χ1) is 16.7. The largest absolute Gasteiger partial charge is 0.383 e. The lowest BCUT2D eigenvalue weighted by molar-refractivity contribution is 1.06. The third-order valence-electron chi connectivity index (χ3n) is 5.14. The number of aromatic nitrogens is 4. The number of nitrogen functional groups attached to an aromatic ring is 1. The summed E-state index contributed by atoms with van der Waals surface area (Å²) in [5.41, 5.74) is 12.8. The SMILES string of the molecule is C/C=C\C(=C/C)c1ccc2nc(-c3cccnc3N)n(-c3ccc(CC)cc3)c2n1.CC.CC. The molecule has 4 aromatic rings. The Morgan fingerprint density at radius 3 is 2.24 bits per heavy atom. The minimum Gasteiger partial charge on any atom is -0.383 e. The summed E-state index contributed by atoms with van der Waals surface area (Å²) in [5.74, 6) is 1.18. The molecule has 0 aliphatic carbocycles. The second-order valence-electron chi connectivity index (χ2n) is 7.01. The van der Waals surface area contributed by atoms with Crippen molar-refractivity contribution in [2.24, 2.45) is 0 Å². The summed E-state index contributed by atoms with van der Waals surface area (Å²) < 4.78 is 2.06. The van der Waals surface area contributed by atoms with E-state index in [1.54, 1.807) is 6.20 Å². The lowest BCUT2D eigenvalue weighted by Crippen LogP contribution is -2.02. The molecule has 3 heterocycles. The number of hydrogen-bond donors (Lipinski definition) is 1. The molecule has 0 spiro atoms. The lowest BCUT2D eigenvalue weighted by atomic mass is 10.1. The number of nitrogens with zero attached hydrogens (tertiary/aromatic N) is 4.